The number of rotatable bonds is 4. The van der Waals surface area contributed by atoms with Gasteiger partial charge in [-0.05, 0) is 33.8 Å². The lowest BCUT2D eigenvalue weighted by molar-refractivity contribution is -0.190. The van der Waals surface area contributed by atoms with Crippen molar-refractivity contribution in [1.82, 2.24) is 5.32 Å². The van der Waals surface area contributed by atoms with Gasteiger partial charge in [0.05, 0.1) is 11.0 Å². The summed E-state index contributed by atoms with van der Waals surface area (Å²) in [4.78, 5) is 24.0. The fourth-order valence-corrected chi connectivity index (χ4v) is 3.26. The third kappa shape index (κ3) is 3.65. The fraction of sp³-hybridized carbons (Fsp3) is 0.556. The molecule has 1 fully saturated rings. The molecule has 1 atom stereocenters. The summed E-state index contributed by atoms with van der Waals surface area (Å²) in [5, 5.41) is 2.47. The first-order valence-electron chi connectivity index (χ1n) is 7.95. The average molecular weight is 357 g/mol. The van der Waals surface area contributed by atoms with Crippen LogP contribution in [-0.2, 0) is 15.1 Å². The number of carbonyl (C=O) groups excluding carboxylic acids is 2. The van der Waals surface area contributed by atoms with Crippen LogP contribution in [0.15, 0.2) is 24.3 Å². The van der Waals surface area contributed by atoms with E-state index in [2.05, 4.69) is 5.32 Å². The highest BCUT2D eigenvalue weighted by molar-refractivity contribution is 5.73. The molecule has 0 spiro atoms. The lowest BCUT2D eigenvalue weighted by atomic mass is 9.54. The van der Waals surface area contributed by atoms with Crippen LogP contribution >= 0.6 is 0 Å². The van der Waals surface area contributed by atoms with Crippen molar-refractivity contribution in [1.29, 1.82) is 0 Å². The number of halogens is 3. The molecule has 1 aliphatic carbocycles. The number of hydrogen-bond acceptors (Lipinski definition) is 3. The van der Waals surface area contributed by atoms with Gasteiger partial charge in [-0.25, -0.2) is 18.0 Å². The maximum absolute atomic E-state index is 14.4. The number of alkyl carbamates (subject to hydrolysis) is 1. The Morgan fingerprint density at radius 3 is 2.20 bits per heavy atom. The quantitative estimate of drug-likeness (QED) is 0.823. The van der Waals surface area contributed by atoms with Gasteiger partial charge in [-0.3, -0.25) is 0 Å². The standard InChI is InChI=1S/C18H22F3NO3/c1-15(2,3)25-14(24)22-16(4,12-7-5-6-8-13(12)19)17(11-23)9-18(20,21)10-17/h5-8,11H,9-10H2,1-4H3,(H,22,24). The lowest BCUT2D eigenvalue weighted by Crippen LogP contribution is -2.65. The molecule has 1 N–H and O–H groups in total. The van der Waals surface area contributed by atoms with Gasteiger partial charge in [0, 0.05) is 18.4 Å². The van der Waals surface area contributed by atoms with E-state index in [1.165, 1.54) is 25.1 Å². The van der Waals surface area contributed by atoms with Crippen LogP contribution in [0.25, 0.3) is 0 Å². The Kier molecular flexibility index (Phi) is 4.65. The van der Waals surface area contributed by atoms with E-state index < -0.39 is 47.2 Å². The third-order valence-corrected chi connectivity index (χ3v) is 4.53. The van der Waals surface area contributed by atoms with E-state index in [1.54, 1.807) is 20.8 Å². The van der Waals surface area contributed by atoms with Crippen LogP contribution in [0.4, 0.5) is 18.0 Å². The number of aldehydes is 1. The van der Waals surface area contributed by atoms with E-state index in [9.17, 15) is 22.8 Å². The number of nitrogens with one attached hydrogen (secondary N) is 1. The summed E-state index contributed by atoms with van der Waals surface area (Å²) in [5.41, 5.74) is -4.18. The second-order valence-corrected chi connectivity index (χ2v) is 7.72. The van der Waals surface area contributed by atoms with E-state index >= 15 is 0 Å². The van der Waals surface area contributed by atoms with E-state index in [-0.39, 0.29) is 5.56 Å². The molecule has 1 saturated carbocycles. The van der Waals surface area contributed by atoms with Crippen LogP contribution < -0.4 is 5.32 Å². The molecule has 25 heavy (non-hydrogen) atoms. The number of amides is 1. The van der Waals surface area contributed by atoms with Crippen molar-refractivity contribution in [3.05, 3.63) is 35.6 Å². The molecule has 1 unspecified atom stereocenters. The molecule has 0 heterocycles. The Labute approximate surface area is 144 Å². The number of alkyl halides is 2. The maximum atomic E-state index is 14.4. The Balaban J connectivity index is 2.48. The Bertz CT molecular complexity index is 676. The van der Waals surface area contributed by atoms with Gasteiger partial charge in [-0.15, -0.1) is 0 Å². The zero-order valence-corrected chi connectivity index (χ0v) is 14.7. The molecular weight excluding hydrogens is 335 g/mol. The topological polar surface area (TPSA) is 55.4 Å². The summed E-state index contributed by atoms with van der Waals surface area (Å²) in [6, 6.07) is 5.48. The summed E-state index contributed by atoms with van der Waals surface area (Å²) in [6.45, 7) is 6.29. The van der Waals surface area contributed by atoms with Crippen LogP contribution in [0.1, 0.15) is 46.1 Å². The van der Waals surface area contributed by atoms with Gasteiger partial charge in [0.15, 0.2) is 0 Å². The molecule has 1 aliphatic rings. The molecule has 0 radical (unpaired) electrons. The summed E-state index contributed by atoms with van der Waals surface area (Å²) < 4.78 is 46.7. The van der Waals surface area contributed by atoms with Crippen molar-refractivity contribution in [2.45, 2.75) is 57.6 Å². The van der Waals surface area contributed by atoms with Crippen molar-refractivity contribution in [2.75, 3.05) is 0 Å². The summed E-state index contributed by atoms with van der Waals surface area (Å²) in [6.07, 6.45) is -2.07. The second-order valence-electron chi connectivity index (χ2n) is 7.72. The van der Waals surface area contributed by atoms with Crippen LogP contribution in [-0.4, -0.2) is 23.9 Å². The third-order valence-electron chi connectivity index (χ3n) is 4.53. The number of benzene rings is 1. The molecular formula is C18H22F3NO3. The minimum Gasteiger partial charge on any atom is -0.444 e. The maximum Gasteiger partial charge on any atom is 0.408 e. The van der Waals surface area contributed by atoms with Crippen LogP contribution in [0.3, 0.4) is 0 Å². The molecule has 0 aromatic heterocycles. The van der Waals surface area contributed by atoms with Crippen molar-refractivity contribution in [3.8, 4) is 0 Å². The SMILES string of the molecule is CC(C)(C)OC(=O)NC(C)(c1ccccc1F)C1(C=O)CC(F)(F)C1. The molecule has 1 aromatic rings. The highest BCUT2D eigenvalue weighted by Crippen LogP contribution is 2.59. The average Bonchev–Trinajstić information content (AvgIpc) is 2.42. The molecule has 2 rings (SSSR count). The highest BCUT2D eigenvalue weighted by Gasteiger charge is 2.66. The van der Waals surface area contributed by atoms with Crippen molar-refractivity contribution in [3.63, 3.8) is 0 Å². The van der Waals surface area contributed by atoms with E-state index in [0.29, 0.717) is 6.29 Å². The minimum atomic E-state index is -3.04. The van der Waals surface area contributed by atoms with Crippen molar-refractivity contribution < 1.29 is 27.5 Å². The molecule has 1 aromatic carbocycles. The monoisotopic (exact) mass is 357 g/mol. The largest absolute Gasteiger partial charge is 0.444 e. The first kappa shape index (κ1) is 19.3. The Morgan fingerprint density at radius 2 is 1.76 bits per heavy atom. The predicted molar refractivity (Wildman–Crippen MR) is 85.8 cm³/mol. The second kappa shape index (κ2) is 6.04. The normalized spacial score (nSPS) is 20.8. The van der Waals surface area contributed by atoms with Gasteiger partial charge in [0.25, 0.3) is 0 Å². The van der Waals surface area contributed by atoms with Crippen LogP contribution in [0, 0.1) is 11.2 Å². The van der Waals surface area contributed by atoms with Gasteiger partial charge >= 0.3 is 6.09 Å². The van der Waals surface area contributed by atoms with E-state index in [0.717, 1.165) is 6.07 Å². The van der Waals surface area contributed by atoms with E-state index in [4.69, 9.17) is 4.74 Å². The Morgan fingerprint density at radius 1 is 1.20 bits per heavy atom. The molecule has 0 saturated heterocycles. The van der Waals surface area contributed by atoms with Crippen molar-refractivity contribution in [2.24, 2.45) is 5.41 Å². The predicted octanol–water partition coefficient (Wildman–Crippen LogP) is 4.18. The van der Waals surface area contributed by atoms with Crippen LogP contribution in [0.2, 0.25) is 0 Å². The van der Waals surface area contributed by atoms with Crippen molar-refractivity contribution >= 4 is 12.4 Å². The zero-order chi connectivity index (χ0) is 19.1. The first-order valence-corrected chi connectivity index (χ1v) is 7.95. The molecule has 0 aliphatic heterocycles. The number of hydrogen-bond donors (Lipinski definition) is 1. The van der Waals surface area contributed by atoms with Crippen LogP contribution in [0.5, 0.6) is 0 Å². The molecule has 138 valence electrons. The zero-order valence-electron chi connectivity index (χ0n) is 14.7. The summed E-state index contributed by atoms with van der Waals surface area (Å²) in [5.74, 6) is -3.74. The van der Waals surface area contributed by atoms with Gasteiger partial charge < -0.3 is 14.8 Å². The molecule has 4 nitrogen and oxygen atoms in total. The van der Waals surface area contributed by atoms with Gasteiger partial charge in [0.2, 0.25) is 5.92 Å². The van der Waals surface area contributed by atoms with Gasteiger partial charge in [0.1, 0.15) is 17.7 Å². The summed E-state index contributed by atoms with van der Waals surface area (Å²) in [7, 11) is 0. The van der Waals surface area contributed by atoms with Gasteiger partial charge in [-0.1, -0.05) is 18.2 Å². The Hall–Kier alpha value is -2.05. The molecule has 1 amide bonds. The first-order chi connectivity index (χ1) is 11.3. The summed E-state index contributed by atoms with van der Waals surface area (Å²) >= 11 is 0. The van der Waals surface area contributed by atoms with E-state index in [1.807, 2.05) is 0 Å². The molecule has 7 heteroatoms. The smallest absolute Gasteiger partial charge is 0.408 e. The minimum absolute atomic E-state index is 0.0385. The van der Waals surface area contributed by atoms with Gasteiger partial charge in [-0.2, -0.15) is 0 Å². The number of ether oxygens (including phenoxy) is 1. The lowest BCUT2D eigenvalue weighted by Gasteiger charge is -2.54. The highest BCUT2D eigenvalue weighted by atomic mass is 19.3. The number of carbonyl (C=O) groups is 2. The fourth-order valence-electron chi connectivity index (χ4n) is 3.26. The molecule has 0 bridgehead atoms.